The number of amides is 2. The summed E-state index contributed by atoms with van der Waals surface area (Å²) < 4.78 is 5.15. The van der Waals surface area contributed by atoms with Crippen LogP contribution in [0.3, 0.4) is 0 Å². The molecule has 20 heavy (non-hydrogen) atoms. The quantitative estimate of drug-likeness (QED) is 0.843. The largest absolute Gasteiger partial charge is 0.480 e. The van der Waals surface area contributed by atoms with E-state index in [0.29, 0.717) is 38.5 Å². The van der Waals surface area contributed by atoms with Crippen LogP contribution in [0, 0.1) is 0 Å². The number of hydrogen-bond donors (Lipinski definition) is 2. The molecular formula is C13H19N3O4. The van der Waals surface area contributed by atoms with Gasteiger partial charge in [-0.3, -0.25) is 9.69 Å². The van der Waals surface area contributed by atoms with Gasteiger partial charge < -0.3 is 19.7 Å². The van der Waals surface area contributed by atoms with Gasteiger partial charge in [-0.25, -0.2) is 4.79 Å². The van der Waals surface area contributed by atoms with Crippen molar-refractivity contribution in [3.8, 4) is 0 Å². The van der Waals surface area contributed by atoms with Crippen molar-refractivity contribution in [2.45, 2.75) is 13.0 Å². The second-order valence-corrected chi connectivity index (χ2v) is 4.75. The van der Waals surface area contributed by atoms with E-state index < -0.39 is 5.97 Å². The SMILES string of the molecule is O=C(O)CN1CCCN(C(=O)NCc2ccco2)CC1. The third kappa shape index (κ3) is 4.27. The Morgan fingerprint density at radius 3 is 2.85 bits per heavy atom. The first-order valence-electron chi connectivity index (χ1n) is 6.64. The van der Waals surface area contributed by atoms with Crippen molar-refractivity contribution in [2.24, 2.45) is 0 Å². The molecule has 2 heterocycles. The van der Waals surface area contributed by atoms with Crippen LogP contribution in [0.4, 0.5) is 4.79 Å². The molecule has 0 radical (unpaired) electrons. The molecule has 7 nitrogen and oxygen atoms in total. The first kappa shape index (κ1) is 14.4. The van der Waals surface area contributed by atoms with Gasteiger partial charge in [0, 0.05) is 26.2 Å². The van der Waals surface area contributed by atoms with Gasteiger partial charge in [-0.1, -0.05) is 0 Å². The first-order chi connectivity index (χ1) is 9.65. The first-order valence-corrected chi connectivity index (χ1v) is 6.64. The lowest BCUT2D eigenvalue weighted by molar-refractivity contribution is -0.138. The Labute approximate surface area is 117 Å². The van der Waals surface area contributed by atoms with Crippen LogP contribution in [0.25, 0.3) is 0 Å². The second-order valence-electron chi connectivity index (χ2n) is 4.75. The summed E-state index contributed by atoms with van der Waals surface area (Å²) >= 11 is 0. The zero-order valence-electron chi connectivity index (χ0n) is 11.2. The van der Waals surface area contributed by atoms with Crippen molar-refractivity contribution < 1.29 is 19.1 Å². The molecule has 0 atom stereocenters. The number of aliphatic carboxylic acids is 1. The molecule has 0 saturated carbocycles. The number of nitrogens with zero attached hydrogens (tertiary/aromatic N) is 2. The lowest BCUT2D eigenvalue weighted by atomic mass is 10.4. The van der Waals surface area contributed by atoms with Gasteiger partial charge in [0.2, 0.25) is 0 Å². The van der Waals surface area contributed by atoms with Crippen LogP contribution in [-0.2, 0) is 11.3 Å². The Hall–Kier alpha value is -2.02. The fourth-order valence-corrected chi connectivity index (χ4v) is 2.21. The Bertz CT molecular complexity index is 446. The monoisotopic (exact) mass is 281 g/mol. The normalized spacial score (nSPS) is 16.7. The van der Waals surface area contributed by atoms with Gasteiger partial charge in [-0.15, -0.1) is 0 Å². The van der Waals surface area contributed by atoms with Gasteiger partial charge in [0.1, 0.15) is 5.76 Å². The lowest BCUT2D eigenvalue weighted by Gasteiger charge is -2.21. The molecule has 1 saturated heterocycles. The van der Waals surface area contributed by atoms with Crippen molar-refractivity contribution in [1.82, 2.24) is 15.1 Å². The standard InChI is InChI=1S/C13H19N3O4/c17-12(18)10-15-4-2-5-16(7-6-15)13(19)14-9-11-3-1-8-20-11/h1,3,8H,2,4-7,9-10H2,(H,14,19)(H,17,18). The molecule has 0 unspecified atom stereocenters. The summed E-state index contributed by atoms with van der Waals surface area (Å²) in [7, 11) is 0. The van der Waals surface area contributed by atoms with Crippen LogP contribution in [0.1, 0.15) is 12.2 Å². The molecular weight excluding hydrogens is 262 g/mol. The highest BCUT2D eigenvalue weighted by molar-refractivity contribution is 5.74. The highest BCUT2D eigenvalue weighted by Gasteiger charge is 2.20. The maximum absolute atomic E-state index is 12.0. The molecule has 1 aliphatic heterocycles. The maximum atomic E-state index is 12.0. The number of carbonyl (C=O) groups excluding carboxylic acids is 1. The molecule has 7 heteroatoms. The molecule has 1 aromatic heterocycles. The number of furan rings is 1. The van der Waals surface area contributed by atoms with Gasteiger partial charge in [-0.05, 0) is 18.6 Å². The van der Waals surface area contributed by atoms with Crippen LogP contribution >= 0.6 is 0 Å². The summed E-state index contributed by atoms with van der Waals surface area (Å²) in [5.74, 6) is -0.124. The summed E-state index contributed by atoms with van der Waals surface area (Å²) in [6.07, 6.45) is 2.35. The Kier molecular flexibility index (Phi) is 5.00. The van der Waals surface area contributed by atoms with Crippen molar-refractivity contribution in [1.29, 1.82) is 0 Å². The Morgan fingerprint density at radius 2 is 2.15 bits per heavy atom. The highest BCUT2D eigenvalue weighted by atomic mass is 16.4. The Balaban J connectivity index is 1.77. The number of urea groups is 1. The number of carbonyl (C=O) groups is 2. The van der Waals surface area contributed by atoms with E-state index in [1.54, 1.807) is 23.3 Å². The van der Waals surface area contributed by atoms with E-state index in [1.165, 1.54) is 0 Å². The molecule has 2 rings (SSSR count). The summed E-state index contributed by atoms with van der Waals surface area (Å²) in [6, 6.07) is 3.44. The molecule has 1 fully saturated rings. The molecule has 2 N–H and O–H groups in total. The number of nitrogens with one attached hydrogen (secondary N) is 1. The number of carboxylic acids is 1. The molecule has 0 spiro atoms. The number of hydrogen-bond acceptors (Lipinski definition) is 4. The summed E-state index contributed by atoms with van der Waals surface area (Å²) in [5, 5.41) is 11.6. The summed E-state index contributed by atoms with van der Waals surface area (Å²) in [4.78, 5) is 26.3. The average Bonchev–Trinajstić information content (AvgIpc) is 2.82. The molecule has 1 aromatic rings. The van der Waals surface area contributed by atoms with Crippen molar-refractivity contribution in [3.63, 3.8) is 0 Å². The number of carboxylic acid groups (broad SMARTS) is 1. The zero-order valence-corrected chi connectivity index (χ0v) is 11.2. The van der Waals surface area contributed by atoms with Gasteiger partial charge in [0.15, 0.2) is 0 Å². The van der Waals surface area contributed by atoms with E-state index in [0.717, 1.165) is 6.42 Å². The molecule has 110 valence electrons. The highest BCUT2D eigenvalue weighted by Crippen LogP contribution is 2.04. The minimum absolute atomic E-state index is 0.0296. The van der Waals surface area contributed by atoms with E-state index in [4.69, 9.17) is 9.52 Å². The smallest absolute Gasteiger partial charge is 0.317 e. The third-order valence-electron chi connectivity index (χ3n) is 3.23. The fourth-order valence-electron chi connectivity index (χ4n) is 2.21. The van der Waals surface area contributed by atoms with E-state index in [9.17, 15) is 9.59 Å². The van der Waals surface area contributed by atoms with Crippen LogP contribution in [0.5, 0.6) is 0 Å². The maximum Gasteiger partial charge on any atom is 0.317 e. The van der Waals surface area contributed by atoms with Crippen LogP contribution in [0.2, 0.25) is 0 Å². The van der Waals surface area contributed by atoms with Gasteiger partial charge in [0.25, 0.3) is 0 Å². The molecule has 0 aromatic carbocycles. The van der Waals surface area contributed by atoms with E-state index >= 15 is 0 Å². The lowest BCUT2D eigenvalue weighted by Crippen LogP contribution is -2.42. The predicted molar refractivity (Wildman–Crippen MR) is 71.2 cm³/mol. The van der Waals surface area contributed by atoms with Gasteiger partial charge in [-0.2, -0.15) is 0 Å². The van der Waals surface area contributed by atoms with E-state index in [1.807, 2.05) is 4.90 Å². The molecule has 0 aliphatic carbocycles. The predicted octanol–water partition coefficient (Wildman–Crippen LogP) is 0.582. The number of rotatable bonds is 4. The summed E-state index contributed by atoms with van der Waals surface area (Å²) in [6.45, 7) is 2.86. The van der Waals surface area contributed by atoms with Crippen LogP contribution < -0.4 is 5.32 Å². The fraction of sp³-hybridized carbons (Fsp3) is 0.538. The van der Waals surface area contributed by atoms with Crippen LogP contribution in [0.15, 0.2) is 22.8 Å². The topological polar surface area (TPSA) is 86.0 Å². The van der Waals surface area contributed by atoms with Crippen molar-refractivity contribution in [2.75, 3.05) is 32.7 Å². The minimum Gasteiger partial charge on any atom is -0.480 e. The molecule has 1 aliphatic rings. The third-order valence-corrected chi connectivity index (χ3v) is 3.23. The van der Waals surface area contributed by atoms with E-state index in [-0.39, 0.29) is 12.6 Å². The zero-order chi connectivity index (χ0) is 14.4. The average molecular weight is 281 g/mol. The van der Waals surface area contributed by atoms with Gasteiger partial charge >= 0.3 is 12.0 Å². The van der Waals surface area contributed by atoms with Crippen molar-refractivity contribution in [3.05, 3.63) is 24.2 Å². The molecule has 2 amide bonds. The Morgan fingerprint density at radius 1 is 1.30 bits per heavy atom. The molecule has 0 bridgehead atoms. The minimum atomic E-state index is -0.833. The van der Waals surface area contributed by atoms with Gasteiger partial charge in [0.05, 0.1) is 19.4 Å². The van der Waals surface area contributed by atoms with Crippen molar-refractivity contribution >= 4 is 12.0 Å². The van der Waals surface area contributed by atoms with Crippen LogP contribution in [-0.4, -0.2) is 59.6 Å². The summed E-state index contributed by atoms with van der Waals surface area (Å²) in [5.41, 5.74) is 0. The second kappa shape index (κ2) is 6.95. The van der Waals surface area contributed by atoms with E-state index in [2.05, 4.69) is 5.32 Å².